The van der Waals surface area contributed by atoms with Gasteiger partial charge in [0.2, 0.25) is 6.03 Å². The zero-order chi connectivity index (χ0) is 19.1. The molecule has 2 amide bonds. The van der Waals surface area contributed by atoms with E-state index in [1.165, 1.54) is 5.56 Å². The van der Waals surface area contributed by atoms with Crippen LogP contribution in [-0.2, 0) is 45.3 Å². The van der Waals surface area contributed by atoms with Crippen molar-refractivity contribution >= 4 is 41.1 Å². The average Bonchev–Trinajstić information content (AvgIpc) is 3.11. The van der Waals surface area contributed by atoms with Crippen molar-refractivity contribution in [1.29, 1.82) is 5.41 Å². The number of anilines is 1. The van der Waals surface area contributed by atoms with Gasteiger partial charge in [-0.1, -0.05) is 44.2 Å². The van der Waals surface area contributed by atoms with E-state index in [2.05, 4.69) is 42.1 Å². The molecule has 5 nitrogen and oxygen atoms in total. The van der Waals surface area contributed by atoms with E-state index in [1.54, 1.807) is 12.3 Å². The molecule has 1 radical (unpaired) electrons. The molecule has 0 atom stereocenters. The molecular weight excluding hydrogens is 433 g/mol. The topological polar surface area (TPSA) is 82.8 Å². The Bertz CT molecular complexity index is 890. The van der Waals surface area contributed by atoms with Gasteiger partial charge in [0.25, 0.3) is 0 Å². The summed E-state index contributed by atoms with van der Waals surface area (Å²) in [6, 6.07) is 14.5. The fourth-order valence-electron chi connectivity index (χ4n) is 2.47. The maximum atomic E-state index is 12.0. The molecule has 0 aliphatic heterocycles. The molecule has 0 aliphatic carbocycles. The molecular formula is C20H22N4OSY-2. The first-order valence-corrected chi connectivity index (χ1v) is 9.04. The molecule has 139 valence electrons. The number of nitrogens with one attached hydrogen (secondary N) is 3. The van der Waals surface area contributed by atoms with E-state index in [0.717, 1.165) is 10.9 Å². The number of fused-ring (bicyclic) bond motifs is 1. The zero-order valence-corrected chi connectivity index (χ0v) is 19.3. The minimum Gasteiger partial charge on any atom is -0.796 e. The summed E-state index contributed by atoms with van der Waals surface area (Å²) in [7, 11) is 0. The Labute approximate surface area is 190 Å². The Morgan fingerprint density at radius 2 is 1.78 bits per heavy atom. The van der Waals surface area contributed by atoms with Crippen molar-refractivity contribution in [3.8, 4) is 0 Å². The molecule has 3 N–H and O–H groups in total. The number of urea groups is 1. The molecule has 27 heavy (non-hydrogen) atoms. The van der Waals surface area contributed by atoms with Crippen molar-refractivity contribution in [1.82, 2.24) is 4.98 Å². The maximum Gasteiger partial charge on any atom is 0.220 e. The summed E-state index contributed by atoms with van der Waals surface area (Å²) in [5, 5.41) is 15.5. The van der Waals surface area contributed by atoms with Gasteiger partial charge < -0.3 is 33.7 Å². The Hall–Kier alpha value is -1.63. The van der Waals surface area contributed by atoms with Gasteiger partial charge in [0.05, 0.1) is 0 Å². The van der Waals surface area contributed by atoms with Gasteiger partial charge in [-0.2, -0.15) is 6.26 Å². The van der Waals surface area contributed by atoms with Crippen molar-refractivity contribution < 1.29 is 37.5 Å². The normalized spacial score (nSPS) is 9.81. The van der Waals surface area contributed by atoms with E-state index in [1.807, 2.05) is 48.7 Å². The first-order chi connectivity index (χ1) is 12.5. The van der Waals surface area contributed by atoms with E-state index < -0.39 is 6.03 Å². The van der Waals surface area contributed by atoms with Crippen LogP contribution in [0.4, 0.5) is 10.5 Å². The number of H-pyrrole nitrogens is 1. The Balaban J connectivity index is 0.00000118. The van der Waals surface area contributed by atoms with Gasteiger partial charge in [-0.3, -0.25) is 4.79 Å². The zero-order valence-electron chi connectivity index (χ0n) is 15.6. The number of aromatic amines is 1. The van der Waals surface area contributed by atoms with Crippen molar-refractivity contribution in [2.45, 2.75) is 19.8 Å². The molecule has 2 aromatic carbocycles. The van der Waals surface area contributed by atoms with Crippen LogP contribution in [0.3, 0.4) is 0 Å². The van der Waals surface area contributed by atoms with Crippen LogP contribution in [0.1, 0.15) is 30.9 Å². The standard InChI is InChI=1S/C19H20N4O.CH4S.Y/c1-12(2)13-3-5-14(6-4-13)18(20)23-19(24)22-16-7-8-17-15(11-16)9-10-21-17;1-2;/h3-12,21H,1-2H3,(H3,20,22,23,24);2H,1H3;/p-2. The largest absolute Gasteiger partial charge is 0.796 e. The summed E-state index contributed by atoms with van der Waals surface area (Å²) >= 11 is 4.08. The van der Waals surface area contributed by atoms with Crippen LogP contribution in [0.15, 0.2) is 54.7 Å². The number of nitrogens with zero attached hydrogens (tertiary/aromatic N) is 1. The van der Waals surface area contributed by atoms with E-state index in [0.29, 0.717) is 17.2 Å². The van der Waals surface area contributed by atoms with Crippen molar-refractivity contribution in [2.24, 2.45) is 0 Å². The minimum absolute atomic E-state index is 0. The molecule has 3 rings (SSSR count). The molecule has 0 unspecified atom stereocenters. The quantitative estimate of drug-likeness (QED) is 0.281. The second-order valence-corrected chi connectivity index (χ2v) is 5.95. The number of carbonyl (C=O) groups excluding carboxylic acids is 1. The monoisotopic (exact) mass is 455 g/mol. The predicted octanol–water partition coefficient (Wildman–Crippen LogP) is 5.38. The van der Waals surface area contributed by atoms with Crippen molar-refractivity contribution in [3.63, 3.8) is 0 Å². The summed E-state index contributed by atoms with van der Waals surface area (Å²) in [6.07, 6.45) is 3.43. The Morgan fingerprint density at radius 3 is 2.41 bits per heavy atom. The van der Waals surface area contributed by atoms with Crippen LogP contribution in [0.5, 0.6) is 0 Å². The molecule has 7 heteroatoms. The van der Waals surface area contributed by atoms with Gasteiger partial charge in [-0.15, -0.1) is 0 Å². The van der Waals surface area contributed by atoms with Gasteiger partial charge in [-0.05, 0) is 40.9 Å². The SMILES string of the molecule is CC(C)c1ccc(C(=N)[N-]C(=O)Nc2ccc3[nH]ccc3c2)cc1.C[S-].[Y]. The maximum absolute atomic E-state index is 12.0. The van der Waals surface area contributed by atoms with Crippen LogP contribution in [0, 0.1) is 5.41 Å². The van der Waals surface area contributed by atoms with E-state index in [9.17, 15) is 4.79 Å². The number of carbonyl (C=O) groups is 1. The molecule has 0 saturated heterocycles. The number of rotatable bonds is 3. The molecule has 0 fully saturated rings. The van der Waals surface area contributed by atoms with Crippen LogP contribution < -0.4 is 5.32 Å². The number of amides is 2. The third-order valence-electron chi connectivity index (χ3n) is 3.87. The molecule has 3 aromatic rings. The van der Waals surface area contributed by atoms with Gasteiger partial charge in [-0.25, -0.2) is 0 Å². The van der Waals surface area contributed by atoms with Gasteiger partial charge in [0.1, 0.15) is 0 Å². The second-order valence-electron chi connectivity index (χ2n) is 5.95. The number of amidine groups is 1. The number of hydrogen-bond donors (Lipinski definition) is 3. The van der Waals surface area contributed by atoms with Crippen LogP contribution in [0.2, 0.25) is 0 Å². The summed E-state index contributed by atoms with van der Waals surface area (Å²) in [4.78, 5) is 15.1. The van der Waals surface area contributed by atoms with Crippen molar-refractivity contribution in [3.05, 3.63) is 71.2 Å². The van der Waals surface area contributed by atoms with Crippen LogP contribution >= 0.6 is 0 Å². The number of benzene rings is 2. The minimum atomic E-state index is -0.553. The molecule has 0 aliphatic rings. The smallest absolute Gasteiger partial charge is 0.220 e. The first kappa shape index (κ1) is 23.4. The van der Waals surface area contributed by atoms with Gasteiger partial charge in [0, 0.05) is 55.6 Å². The van der Waals surface area contributed by atoms with Crippen LogP contribution in [-0.4, -0.2) is 23.1 Å². The fraction of sp³-hybridized carbons (Fsp3) is 0.200. The van der Waals surface area contributed by atoms with E-state index in [4.69, 9.17) is 5.41 Å². The summed E-state index contributed by atoms with van der Waals surface area (Å²) < 4.78 is 0. The third-order valence-corrected chi connectivity index (χ3v) is 3.87. The second kappa shape index (κ2) is 11.3. The first-order valence-electron chi connectivity index (χ1n) is 8.22. The Kier molecular flexibility index (Phi) is 9.77. The van der Waals surface area contributed by atoms with Crippen molar-refractivity contribution in [2.75, 3.05) is 11.6 Å². The fourth-order valence-corrected chi connectivity index (χ4v) is 2.47. The van der Waals surface area contributed by atoms with Gasteiger partial charge in [0.15, 0.2) is 0 Å². The summed E-state index contributed by atoms with van der Waals surface area (Å²) in [6.45, 7) is 4.22. The van der Waals surface area contributed by atoms with E-state index >= 15 is 0 Å². The number of hydrogen-bond acceptors (Lipinski definition) is 3. The molecule has 0 spiro atoms. The summed E-state index contributed by atoms with van der Waals surface area (Å²) in [5.74, 6) is 0.377. The Morgan fingerprint density at radius 1 is 1.11 bits per heavy atom. The molecule has 1 heterocycles. The van der Waals surface area contributed by atoms with E-state index in [-0.39, 0.29) is 38.5 Å². The third kappa shape index (κ3) is 6.49. The predicted molar refractivity (Wildman–Crippen MR) is 111 cm³/mol. The average molecular weight is 455 g/mol. The molecule has 0 saturated carbocycles. The molecule has 1 aromatic heterocycles. The van der Waals surface area contributed by atoms with Gasteiger partial charge >= 0.3 is 0 Å². The number of aromatic nitrogens is 1. The van der Waals surface area contributed by atoms with Crippen LogP contribution in [0.25, 0.3) is 16.2 Å². The summed E-state index contributed by atoms with van der Waals surface area (Å²) in [5.41, 5.74) is 3.47. The molecule has 0 bridgehead atoms.